The van der Waals surface area contributed by atoms with Crippen molar-refractivity contribution in [1.82, 2.24) is 19.8 Å². The first-order chi connectivity index (χ1) is 31.5. The Bertz CT molecular complexity index is 2570. The Morgan fingerprint density at radius 2 is 0.754 bits per heavy atom. The van der Waals surface area contributed by atoms with E-state index in [-0.39, 0.29) is 23.7 Å². The van der Waals surface area contributed by atoms with Crippen LogP contribution in [0.25, 0.3) is 43.6 Å². The highest BCUT2D eigenvalue weighted by molar-refractivity contribution is 6.08. The summed E-state index contributed by atoms with van der Waals surface area (Å²) in [5, 5.41) is 11.4. The molecule has 0 radical (unpaired) electrons. The number of alkyl halides is 6. The van der Waals surface area contributed by atoms with Crippen molar-refractivity contribution in [3.63, 3.8) is 0 Å². The Balaban J connectivity index is 0.725. The van der Waals surface area contributed by atoms with E-state index < -0.39 is 70.9 Å². The van der Waals surface area contributed by atoms with Gasteiger partial charge in [0.15, 0.2) is 11.2 Å². The van der Waals surface area contributed by atoms with Crippen LogP contribution in [0, 0.1) is 71.0 Å². The highest BCUT2D eigenvalue weighted by Crippen LogP contribution is 2.86. The summed E-state index contributed by atoms with van der Waals surface area (Å²) in [5.41, 5.74) is 0.0105. The minimum absolute atomic E-state index is 0.0646. The number of hydrogen-bond acceptors (Lipinski definition) is 7. The second-order valence-electron chi connectivity index (χ2n) is 21.0. The highest BCUT2D eigenvalue weighted by atomic mass is 19.4. The second kappa shape index (κ2) is 13.5. The topological polar surface area (TPSA) is 65.6 Å². The zero-order chi connectivity index (χ0) is 43.8. The average molecular weight is 889 g/mol. The molecule has 14 atom stereocenters. The van der Waals surface area contributed by atoms with Gasteiger partial charge in [-0.2, -0.15) is 26.3 Å². The summed E-state index contributed by atoms with van der Waals surface area (Å²) in [5.74, 6) is -6.64. The van der Waals surface area contributed by atoms with Gasteiger partial charge in [-0.05, 0) is 84.5 Å². The molecular weight excluding hydrogens is 839 g/mol. The average Bonchev–Trinajstić information content (AvgIpc) is 4.15. The largest absolute Gasteiger partial charge is 0.418 e. The lowest BCUT2D eigenvalue weighted by Crippen LogP contribution is -2.66. The van der Waals surface area contributed by atoms with Gasteiger partial charge in [0, 0.05) is 97.6 Å². The summed E-state index contributed by atoms with van der Waals surface area (Å²) in [4.78, 5) is 14.3. The summed E-state index contributed by atoms with van der Waals surface area (Å²) in [6, 6.07) is 32.0. The smallest absolute Gasteiger partial charge is 0.383 e. The maximum absolute atomic E-state index is 16.3. The van der Waals surface area contributed by atoms with Gasteiger partial charge in [0.2, 0.25) is 0 Å². The molecule has 4 saturated heterocycles. The first-order valence-corrected chi connectivity index (χ1v) is 23.8. The first kappa shape index (κ1) is 39.4. The van der Waals surface area contributed by atoms with Gasteiger partial charge in [-0.25, -0.2) is 9.97 Å². The molecular formula is C52H50F6N6O. The van der Waals surface area contributed by atoms with E-state index in [1.54, 1.807) is 0 Å². The van der Waals surface area contributed by atoms with E-state index in [9.17, 15) is 0 Å². The number of ether oxygens (including phenoxy) is 1. The molecule has 4 aromatic carbocycles. The highest BCUT2D eigenvalue weighted by Gasteiger charge is 2.96. The fourth-order valence-electron chi connectivity index (χ4n) is 17.1. The van der Waals surface area contributed by atoms with Crippen LogP contribution in [-0.4, -0.2) is 95.7 Å². The minimum Gasteiger partial charge on any atom is -0.383 e. The third-order valence-electron chi connectivity index (χ3n) is 18.7. The molecule has 4 aliphatic carbocycles. The van der Waals surface area contributed by atoms with Crippen LogP contribution < -0.4 is 10.6 Å². The fraction of sp³-hybridized carbons (Fsp3) is 0.500. The van der Waals surface area contributed by atoms with Gasteiger partial charge < -0.3 is 25.2 Å². The maximum Gasteiger partial charge on any atom is 0.418 e. The van der Waals surface area contributed by atoms with Gasteiger partial charge in [0.1, 0.15) is 0 Å². The van der Waals surface area contributed by atoms with Crippen LogP contribution >= 0.6 is 0 Å². The molecule has 8 fully saturated rings. The second-order valence-corrected chi connectivity index (χ2v) is 21.0. The number of fused-ring (bicyclic) bond motifs is 26. The van der Waals surface area contributed by atoms with Crippen LogP contribution in [-0.2, 0) is 4.74 Å². The fourth-order valence-corrected chi connectivity index (χ4v) is 17.1. The number of hydrogen-bond donors (Lipinski definition) is 2. The lowest BCUT2D eigenvalue weighted by molar-refractivity contribution is -0.329. The number of anilines is 2. The number of halogens is 6. The lowest BCUT2D eigenvalue weighted by atomic mass is 9.47. The molecule has 2 aromatic heterocycles. The van der Waals surface area contributed by atoms with Crippen molar-refractivity contribution >= 4 is 55.0 Å². The monoisotopic (exact) mass is 888 g/mol. The van der Waals surface area contributed by atoms with E-state index in [0.29, 0.717) is 65.2 Å². The summed E-state index contributed by atoms with van der Waals surface area (Å²) < 4.78 is 104. The quantitative estimate of drug-likeness (QED) is 0.117. The maximum atomic E-state index is 16.3. The summed E-state index contributed by atoms with van der Waals surface area (Å²) in [6.07, 6.45) is -8.90. The number of aromatic nitrogens is 2. The van der Waals surface area contributed by atoms with Crippen molar-refractivity contribution in [2.45, 2.75) is 36.4 Å². The number of para-hydroxylation sites is 4. The van der Waals surface area contributed by atoms with E-state index in [2.05, 4.69) is 20.4 Å². The molecule has 7 nitrogen and oxygen atoms in total. The van der Waals surface area contributed by atoms with Crippen molar-refractivity contribution < 1.29 is 31.1 Å². The van der Waals surface area contributed by atoms with Crippen LogP contribution in [0.2, 0.25) is 0 Å². The van der Waals surface area contributed by atoms with Gasteiger partial charge in [-0.1, -0.05) is 72.8 Å². The van der Waals surface area contributed by atoms with Crippen LogP contribution in [0.4, 0.5) is 37.7 Å². The lowest BCUT2D eigenvalue weighted by Gasteiger charge is -2.54. The van der Waals surface area contributed by atoms with Gasteiger partial charge in [0.25, 0.3) is 0 Å². The summed E-state index contributed by atoms with van der Waals surface area (Å²) >= 11 is 0. The molecule has 2 unspecified atom stereocenters. The Kier molecular flexibility index (Phi) is 8.17. The molecule has 6 aromatic rings. The number of likely N-dealkylation sites (tertiary alicyclic amines) is 2. The van der Waals surface area contributed by atoms with E-state index in [0.717, 1.165) is 55.0 Å². The van der Waals surface area contributed by atoms with Gasteiger partial charge in [-0.3, -0.25) is 0 Å². The van der Waals surface area contributed by atoms with E-state index in [4.69, 9.17) is 14.7 Å². The molecule has 2 N–H and O–H groups in total. The minimum atomic E-state index is -4.90. The number of nitrogens with one attached hydrogen (secondary N) is 2. The zero-order valence-corrected chi connectivity index (χ0v) is 35.7. The normalized spacial score (nSPS) is 37.8. The van der Waals surface area contributed by atoms with Crippen LogP contribution in [0.3, 0.4) is 0 Å². The first-order valence-electron chi connectivity index (χ1n) is 23.8. The molecule has 65 heavy (non-hydrogen) atoms. The zero-order valence-electron chi connectivity index (χ0n) is 35.7. The van der Waals surface area contributed by atoms with Crippen molar-refractivity contribution in [3.05, 3.63) is 97.1 Å². The van der Waals surface area contributed by atoms with Crippen molar-refractivity contribution in [3.8, 4) is 0 Å². The molecule has 4 aliphatic heterocycles. The van der Waals surface area contributed by atoms with Crippen LogP contribution in [0.5, 0.6) is 0 Å². The van der Waals surface area contributed by atoms with Gasteiger partial charge in [-0.15, -0.1) is 0 Å². The predicted molar refractivity (Wildman–Crippen MR) is 238 cm³/mol. The molecule has 4 saturated carbocycles. The number of rotatable bonds is 8. The summed E-state index contributed by atoms with van der Waals surface area (Å²) in [7, 11) is 0. The third-order valence-corrected chi connectivity index (χ3v) is 18.7. The number of nitrogens with zero attached hydrogens (tertiary/aromatic N) is 4. The molecule has 6 bridgehead atoms. The predicted octanol–water partition coefficient (Wildman–Crippen LogP) is 10.1. The van der Waals surface area contributed by atoms with Crippen LogP contribution in [0.1, 0.15) is 12.8 Å². The summed E-state index contributed by atoms with van der Waals surface area (Å²) in [6.45, 7) is 4.95. The Labute approximate surface area is 372 Å². The van der Waals surface area contributed by atoms with E-state index in [1.807, 2.05) is 97.1 Å². The van der Waals surface area contributed by atoms with Crippen molar-refractivity contribution in [2.75, 3.05) is 63.0 Å². The van der Waals surface area contributed by atoms with Crippen molar-refractivity contribution in [2.24, 2.45) is 71.0 Å². The van der Waals surface area contributed by atoms with Gasteiger partial charge in [0.05, 0.1) is 33.4 Å². The SMILES string of the molecule is FC(F)(F)C12OC(C(F)(F)F)([C@@H]3[C@@H]4C[C@@H]([C@@H]5CN(CCNc6c7ccccc7nc7ccccc67)C[C@@H]54)[C@@H]31)[C@H]1[C@H]3C[C@H]([C@H]4CN(CCNc5c6ccccc6nc6ccccc56)C[C@H]43)[C@H]12. The van der Waals surface area contributed by atoms with Crippen molar-refractivity contribution in [1.29, 1.82) is 0 Å². The Morgan fingerprint density at radius 1 is 0.462 bits per heavy atom. The number of benzene rings is 4. The molecule has 14 rings (SSSR count). The molecule has 0 spiro atoms. The standard InChI is InChI=1S/C52H50F6N6O/c53-51(54,55)49-43-31-21-32(36-24-63(23-35(31)36)19-17-59-47-27-9-1-5-13-39(27)61-40-14-6-2-10-28(40)47)44(43)50(65-49,52(56,57)58)46-34-22-33(45(46)49)37-25-64(26-38(34)37)20-18-60-48-29-11-3-7-15-41(29)62-42-16-8-4-12-30(42)48/h1-16,31-38,43-46H,17-26H2,(H,59,61)(H,60,62)/t31-,32+,33+,34-,35-,36+,37+,38-,43-,44+,45+,46-,49?,50?. The Morgan fingerprint density at radius 3 is 1.05 bits per heavy atom. The van der Waals surface area contributed by atoms with Crippen LogP contribution in [0.15, 0.2) is 97.1 Å². The van der Waals surface area contributed by atoms with E-state index >= 15 is 26.3 Å². The molecule has 13 heteroatoms. The molecule has 6 heterocycles. The number of pyridine rings is 2. The van der Waals surface area contributed by atoms with E-state index in [1.165, 1.54) is 0 Å². The molecule has 0 amide bonds. The third kappa shape index (κ3) is 5.10. The van der Waals surface area contributed by atoms with Gasteiger partial charge >= 0.3 is 12.4 Å². The molecule has 336 valence electrons. The Hall–Kier alpha value is -4.72. The molecule has 8 aliphatic rings.